The van der Waals surface area contributed by atoms with Gasteiger partial charge in [0.15, 0.2) is 11.5 Å². The lowest BCUT2D eigenvalue weighted by atomic mass is 9.46. The predicted molar refractivity (Wildman–Crippen MR) is 199 cm³/mol. The molecule has 8 saturated carbocycles. The van der Waals surface area contributed by atoms with Crippen LogP contribution in [0.25, 0.3) is 0 Å². The molecule has 0 aliphatic heterocycles. The molecular weight excluding hydrogens is 619 g/mol. The summed E-state index contributed by atoms with van der Waals surface area (Å²) < 4.78 is 21.4. The Morgan fingerprint density at radius 3 is 1.00 bits per heavy atom. The Balaban J connectivity index is 1.26. The van der Waals surface area contributed by atoms with Gasteiger partial charge >= 0.3 is 0 Å². The van der Waals surface area contributed by atoms with E-state index in [0.29, 0.717) is 40.1 Å². The van der Waals surface area contributed by atoms with Crippen molar-refractivity contribution < 1.29 is 14.2 Å². The lowest BCUT2D eigenvalue weighted by Gasteiger charge is -2.59. The first kappa shape index (κ1) is 30.5. The van der Waals surface area contributed by atoms with Crippen LogP contribution in [0.4, 0.5) is 17.1 Å². The van der Waals surface area contributed by atoms with Crippen LogP contribution in [0, 0.1) is 35.5 Å². The van der Waals surface area contributed by atoms with Crippen molar-refractivity contribution in [2.45, 2.75) is 87.9 Å². The first-order valence-corrected chi connectivity index (χ1v) is 19.1. The molecule has 8 bridgehead atoms. The SMILES string of the molecule is Nc1cccc(Oc2c(C34CC5CC(CC(C5)C3)C4)cc(C34CC5CC(CC(C5)C3)C4)c(Oc3cccc(N)c3)c2Oc2cccc(N)c2)c1. The van der Waals surface area contributed by atoms with E-state index >= 15 is 0 Å². The van der Waals surface area contributed by atoms with Gasteiger partial charge in [0.05, 0.1) is 0 Å². The van der Waals surface area contributed by atoms with Gasteiger partial charge in [-0.3, -0.25) is 0 Å². The van der Waals surface area contributed by atoms with Crippen molar-refractivity contribution in [2.75, 3.05) is 17.2 Å². The molecule has 0 heterocycles. The zero-order chi connectivity index (χ0) is 33.6. The van der Waals surface area contributed by atoms with Gasteiger partial charge in [-0.2, -0.15) is 0 Å². The van der Waals surface area contributed by atoms with E-state index in [1.807, 2.05) is 72.8 Å². The topological polar surface area (TPSA) is 106 Å². The number of benzene rings is 4. The number of nitrogen functional groups attached to an aromatic ring is 3. The van der Waals surface area contributed by atoms with E-state index in [2.05, 4.69) is 6.07 Å². The smallest absolute Gasteiger partial charge is 0.212 e. The number of nitrogens with two attached hydrogens (primary N) is 3. The number of hydrogen-bond acceptors (Lipinski definition) is 6. The van der Waals surface area contributed by atoms with Crippen LogP contribution in [0.2, 0.25) is 0 Å². The summed E-state index contributed by atoms with van der Waals surface area (Å²) in [4.78, 5) is 0. The molecule has 0 amide bonds. The lowest BCUT2D eigenvalue weighted by molar-refractivity contribution is -0.00959. The van der Waals surface area contributed by atoms with Crippen molar-refractivity contribution in [2.24, 2.45) is 35.5 Å². The van der Waals surface area contributed by atoms with Crippen LogP contribution in [0.1, 0.15) is 88.2 Å². The largest absolute Gasteiger partial charge is 0.453 e. The van der Waals surface area contributed by atoms with E-state index in [4.69, 9.17) is 31.4 Å². The average Bonchev–Trinajstić information content (AvgIpc) is 3.05. The molecule has 0 aromatic heterocycles. The van der Waals surface area contributed by atoms with E-state index in [-0.39, 0.29) is 10.8 Å². The van der Waals surface area contributed by atoms with Gasteiger partial charge in [0.25, 0.3) is 0 Å². The van der Waals surface area contributed by atoms with Crippen LogP contribution < -0.4 is 31.4 Å². The van der Waals surface area contributed by atoms with Gasteiger partial charge in [-0.1, -0.05) is 18.2 Å². The fraction of sp³-hybridized carbons (Fsp3) is 0.455. The van der Waals surface area contributed by atoms with E-state index in [9.17, 15) is 0 Å². The molecule has 4 aromatic rings. The minimum Gasteiger partial charge on any atom is -0.453 e. The maximum atomic E-state index is 7.15. The summed E-state index contributed by atoms with van der Waals surface area (Å²) in [6.07, 6.45) is 15.5. The fourth-order valence-corrected chi connectivity index (χ4v) is 12.7. The Morgan fingerprint density at radius 1 is 0.400 bits per heavy atom. The molecule has 0 saturated heterocycles. The summed E-state index contributed by atoms with van der Waals surface area (Å²) in [5, 5.41) is 0. The van der Waals surface area contributed by atoms with Crippen LogP contribution in [-0.4, -0.2) is 0 Å². The summed E-state index contributed by atoms with van der Waals surface area (Å²) >= 11 is 0. The van der Waals surface area contributed by atoms with Crippen molar-refractivity contribution in [3.63, 3.8) is 0 Å². The lowest BCUT2D eigenvalue weighted by Crippen LogP contribution is -2.50. The van der Waals surface area contributed by atoms with Crippen molar-refractivity contribution in [3.8, 4) is 34.5 Å². The second-order valence-corrected chi connectivity index (χ2v) is 17.4. The summed E-state index contributed by atoms with van der Waals surface area (Å²) in [6.45, 7) is 0. The summed E-state index contributed by atoms with van der Waals surface area (Å²) in [7, 11) is 0. The molecule has 8 aliphatic carbocycles. The van der Waals surface area contributed by atoms with E-state index in [1.54, 1.807) is 0 Å². The van der Waals surface area contributed by atoms with Gasteiger partial charge in [0.1, 0.15) is 17.2 Å². The van der Waals surface area contributed by atoms with Crippen molar-refractivity contribution in [3.05, 3.63) is 90.0 Å². The van der Waals surface area contributed by atoms with Crippen molar-refractivity contribution in [1.82, 2.24) is 0 Å². The number of rotatable bonds is 8. The van der Waals surface area contributed by atoms with Gasteiger partial charge in [-0.15, -0.1) is 0 Å². The molecule has 0 unspecified atom stereocenters. The quantitative estimate of drug-likeness (QED) is 0.162. The minimum atomic E-state index is 0.0327. The van der Waals surface area contributed by atoms with Crippen molar-refractivity contribution in [1.29, 1.82) is 0 Å². The van der Waals surface area contributed by atoms with Gasteiger partial charge in [0, 0.05) is 46.4 Å². The zero-order valence-electron chi connectivity index (χ0n) is 28.9. The molecule has 8 fully saturated rings. The molecule has 8 aliphatic rings. The predicted octanol–water partition coefficient (Wildman–Crippen LogP) is 10.7. The van der Waals surface area contributed by atoms with Crippen LogP contribution in [0.15, 0.2) is 78.9 Å². The highest BCUT2D eigenvalue weighted by Gasteiger charge is 2.56. The summed E-state index contributed by atoms with van der Waals surface area (Å²) in [5.74, 6) is 8.83. The van der Waals surface area contributed by atoms with E-state index in [1.165, 1.54) is 88.2 Å². The second kappa shape index (κ2) is 11.3. The first-order chi connectivity index (χ1) is 24.3. The molecular formula is C44H49N3O3. The highest BCUT2D eigenvalue weighted by molar-refractivity contribution is 5.68. The Kier molecular flexibility index (Phi) is 6.92. The molecule has 0 radical (unpaired) electrons. The molecule has 6 nitrogen and oxygen atoms in total. The molecule has 4 aromatic carbocycles. The van der Waals surface area contributed by atoms with Crippen LogP contribution in [-0.2, 0) is 10.8 Å². The monoisotopic (exact) mass is 667 g/mol. The molecule has 258 valence electrons. The third kappa shape index (κ3) is 5.20. The molecule has 50 heavy (non-hydrogen) atoms. The minimum absolute atomic E-state index is 0.0327. The standard InChI is InChI=1S/C44H49N3O3/c45-32-4-1-7-35(16-32)48-40-38(43-20-26-10-27(21-43)12-28(11-26)22-43)19-39(44-23-29-13-30(24-44)15-31(14-29)25-44)41(49-36-8-2-5-33(46)17-36)42(40)50-37-9-3-6-34(47)18-37/h1-9,16-19,26-31H,10-15,20-25,45-47H2. The molecule has 6 heteroatoms. The number of anilines is 3. The van der Waals surface area contributed by atoms with Crippen molar-refractivity contribution >= 4 is 17.1 Å². The van der Waals surface area contributed by atoms with Crippen LogP contribution in [0.5, 0.6) is 34.5 Å². The Bertz CT molecular complexity index is 1780. The number of ether oxygens (including phenoxy) is 3. The maximum absolute atomic E-state index is 7.15. The Labute approximate surface area is 295 Å². The van der Waals surface area contributed by atoms with Crippen LogP contribution in [0.3, 0.4) is 0 Å². The van der Waals surface area contributed by atoms with Crippen LogP contribution >= 0.6 is 0 Å². The zero-order valence-corrected chi connectivity index (χ0v) is 28.9. The second-order valence-electron chi connectivity index (χ2n) is 17.4. The van der Waals surface area contributed by atoms with E-state index in [0.717, 1.165) is 47.0 Å². The fourth-order valence-electron chi connectivity index (χ4n) is 12.7. The van der Waals surface area contributed by atoms with E-state index < -0.39 is 0 Å². The molecule has 12 rings (SSSR count). The summed E-state index contributed by atoms with van der Waals surface area (Å²) in [5.41, 5.74) is 23.7. The third-order valence-electron chi connectivity index (χ3n) is 13.6. The highest BCUT2D eigenvalue weighted by Crippen LogP contribution is 2.68. The highest BCUT2D eigenvalue weighted by atomic mass is 16.5. The maximum Gasteiger partial charge on any atom is 0.212 e. The van der Waals surface area contributed by atoms with Gasteiger partial charge < -0.3 is 31.4 Å². The Morgan fingerprint density at radius 2 is 0.700 bits per heavy atom. The van der Waals surface area contributed by atoms with Gasteiger partial charge in [0.2, 0.25) is 5.75 Å². The van der Waals surface area contributed by atoms with Gasteiger partial charge in [-0.05, 0) is 166 Å². The third-order valence-corrected chi connectivity index (χ3v) is 13.6. The molecule has 0 spiro atoms. The summed E-state index contributed by atoms with van der Waals surface area (Å²) in [6, 6.07) is 25.9. The number of hydrogen-bond donors (Lipinski definition) is 3. The van der Waals surface area contributed by atoms with Gasteiger partial charge in [-0.25, -0.2) is 0 Å². The molecule has 0 atom stereocenters. The first-order valence-electron chi connectivity index (χ1n) is 19.1. The average molecular weight is 668 g/mol. The Hall–Kier alpha value is -4.32. The molecule has 6 N–H and O–H groups in total. The normalized spacial score (nSPS) is 33.0.